The average molecular weight is 1190 g/mol. The molecule has 3 aromatic heterocycles. The Bertz CT molecular complexity index is 3630. The van der Waals surface area contributed by atoms with Gasteiger partial charge in [-0.2, -0.15) is 51.1 Å². The average Bonchev–Trinajstić information content (AvgIpc) is 4.11. The number of aryl methyl sites for hydroxylation is 2. The molecule has 4 N–H and O–H groups in total. The van der Waals surface area contributed by atoms with E-state index < -0.39 is 20.2 Å². The largest absolute Gasteiger partial charge is 0.494 e. The van der Waals surface area contributed by atoms with Crippen LogP contribution in [0.25, 0.3) is 22.5 Å². The van der Waals surface area contributed by atoms with E-state index in [4.69, 9.17) is 24.4 Å². The maximum atomic E-state index is 12.2. The molecule has 0 aliphatic heterocycles. The molecule has 3 heterocycles. The van der Waals surface area contributed by atoms with Crippen molar-refractivity contribution in [3.8, 4) is 46.2 Å². The van der Waals surface area contributed by atoms with Crippen LogP contribution in [0.4, 0.5) is 56.0 Å². The van der Waals surface area contributed by atoms with Gasteiger partial charge in [0.1, 0.15) is 57.5 Å². The smallest absolute Gasteiger partial charge is 0.294 e. The molecule has 0 spiro atoms. The van der Waals surface area contributed by atoms with Crippen LogP contribution in [-0.2, 0) is 20.2 Å². The minimum Gasteiger partial charge on any atom is -0.494 e. The van der Waals surface area contributed by atoms with Gasteiger partial charge in [0.25, 0.3) is 20.2 Å². The summed E-state index contributed by atoms with van der Waals surface area (Å²) < 4.78 is 89.3. The van der Waals surface area contributed by atoms with Gasteiger partial charge >= 0.3 is 0 Å². The molecule has 0 amide bonds. The summed E-state index contributed by atoms with van der Waals surface area (Å²) >= 11 is 3.32. The molecule has 0 radical (unpaired) electrons. The predicted molar refractivity (Wildman–Crippen MR) is 314 cm³/mol. The standard InChI is InChI=1S/C53H57N15O8S5/c1-9-67(10-2)41-24-37(39(26-43(41)75-7)61-63-49-35(28-54)47(65-78-49)32-20-18-30(5)45(22-32)80(69,70)71)56-51-58-52(60-53(59-51)77-34-16-14-13-15-17-34)57-38-25-42(68(11-3)12-4)44(76-8)27-40(38)62-64-50-36(29-55)48(66-79-50)33-21-19-31(6)46(23-33)81(72,73)74/h18-27,34H,9-17H2,1-8H3,(H,69,70,71)(H,72,73,74)(H2,56,57,58,59,60). The molecule has 7 aromatic rings. The molecule has 1 aliphatic carbocycles. The molecule has 1 saturated carbocycles. The van der Waals surface area contributed by atoms with Crippen molar-refractivity contribution in [2.24, 2.45) is 20.5 Å². The van der Waals surface area contributed by atoms with Crippen molar-refractivity contribution in [3.63, 3.8) is 0 Å². The second-order valence-corrected chi connectivity index (χ2v) is 23.8. The van der Waals surface area contributed by atoms with Gasteiger partial charge in [-0.05, 0) is 113 Å². The number of benzene rings is 4. The fourth-order valence-electron chi connectivity index (χ4n) is 9.07. The summed E-state index contributed by atoms with van der Waals surface area (Å²) in [6.07, 6.45) is 5.22. The Kier molecular flexibility index (Phi) is 18.9. The first-order chi connectivity index (χ1) is 38.8. The number of anilines is 6. The Morgan fingerprint density at radius 1 is 0.642 bits per heavy atom. The maximum Gasteiger partial charge on any atom is 0.294 e. The van der Waals surface area contributed by atoms with Gasteiger partial charge in [-0.1, -0.05) is 55.3 Å². The third-order valence-corrected chi connectivity index (χ3v) is 17.9. The SMILES string of the molecule is CCN(CC)c1cc(Nc2nc(Nc3cc(N(CC)CC)c(OC)cc3N=Nc3snc(-c4ccc(C)c(S(=O)(=O)O)c4)c3C#N)nc(SC3CCCCC3)n2)c(N=Nc2snc(-c3ccc(C)c(S(=O)(=O)O)c3)c2C#N)cc1OC. The summed E-state index contributed by atoms with van der Waals surface area (Å²) in [4.78, 5) is 18.4. The molecule has 0 saturated heterocycles. The predicted octanol–water partition coefficient (Wildman–Crippen LogP) is 13.4. The van der Waals surface area contributed by atoms with Crippen molar-refractivity contribution in [3.05, 3.63) is 82.9 Å². The highest BCUT2D eigenvalue weighted by atomic mass is 32.2. The Hall–Kier alpha value is -7.70. The van der Waals surface area contributed by atoms with E-state index in [1.165, 1.54) is 24.3 Å². The Labute approximate surface area is 482 Å². The van der Waals surface area contributed by atoms with Crippen molar-refractivity contribution < 1.29 is 35.4 Å². The molecule has 422 valence electrons. The second kappa shape index (κ2) is 25.8. The Morgan fingerprint density at radius 2 is 1.06 bits per heavy atom. The topological polar surface area (TPSA) is 319 Å². The fourth-order valence-corrected chi connectivity index (χ4v) is 13.1. The van der Waals surface area contributed by atoms with Crippen molar-refractivity contribution >= 4 is 111 Å². The van der Waals surface area contributed by atoms with E-state index in [9.17, 15) is 36.5 Å². The number of ether oxygens (including phenoxy) is 2. The second-order valence-electron chi connectivity index (χ2n) is 18.3. The van der Waals surface area contributed by atoms with Gasteiger partial charge in [0.05, 0.1) is 46.8 Å². The number of azo groups is 2. The maximum absolute atomic E-state index is 12.2. The molecule has 4 aromatic carbocycles. The van der Waals surface area contributed by atoms with E-state index in [1.54, 1.807) is 64.1 Å². The highest BCUT2D eigenvalue weighted by molar-refractivity contribution is 7.99. The molecule has 23 nitrogen and oxygen atoms in total. The lowest BCUT2D eigenvalue weighted by molar-refractivity contribution is 0.414. The van der Waals surface area contributed by atoms with Crippen LogP contribution in [0.3, 0.4) is 0 Å². The summed E-state index contributed by atoms with van der Waals surface area (Å²) in [5.74, 6) is 1.23. The molecule has 81 heavy (non-hydrogen) atoms. The lowest BCUT2D eigenvalue weighted by Crippen LogP contribution is -2.22. The number of rotatable bonds is 22. The van der Waals surface area contributed by atoms with Crippen LogP contribution in [0, 0.1) is 36.5 Å². The van der Waals surface area contributed by atoms with E-state index >= 15 is 0 Å². The lowest BCUT2D eigenvalue weighted by Gasteiger charge is -2.25. The number of hydrogen-bond donors (Lipinski definition) is 4. The molecule has 28 heteroatoms. The van der Waals surface area contributed by atoms with E-state index in [0.29, 0.717) is 65.3 Å². The fraction of sp³-hybridized carbons (Fsp3) is 0.340. The van der Waals surface area contributed by atoms with Crippen molar-refractivity contribution in [2.75, 3.05) is 60.8 Å². The van der Waals surface area contributed by atoms with Crippen molar-refractivity contribution in [1.29, 1.82) is 10.5 Å². The summed E-state index contributed by atoms with van der Waals surface area (Å²) in [5, 5.41) is 46.9. The number of thioether (sulfide) groups is 1. The Morgan fingerprint density at radius 3 is 1.43 bits per heavy atom. The van der Waals surface area contributed by atoms with Gasteiger partial charge in [-0.15, -0.1) is 20.5 Å². The van der Waals surface area contributed by atoms with Crippen LogP contribution in [0.15, 0.2) is 96.1 Å². The van der Waals surface area contributed by atoms with Gasteiger partial charge in [0.2, 0.25) is 11.9 Å². The molecule has 0 atom stereocenters. The van der Waals surface area contributed by atoms with Gasteiger partial charge in [0.15, 0.2) is 15.2 Å². The first kappa shape index (κ1) is 59.4. The van der Waals surface area contributed by atoms with Crippen LogP contribution in [-0.4, -0.2) is 95.3 Å². The first-order valence-electron chi connectivity index (χ1n) is 25.6. The number of nitrogens with one attached hydrogen (secondary N) is 2. The molecule has 8 rings (SSSR count). The minimum atomic E-state index is -4.57. The summed E-state index contributed by atoms with van der Waals surface area (Å²) in [7, 11) is -6.05. The van der Waals surface area contributed by atoms with Gasteiger partial charge in [-0.25, -0.2) is 0 Å². The highest BCUT2D eigenvalue weighted by Gasteiger charge is 2.25. The number of methoxy groups -OCH3 is 2. The molecular weight excluding hydrogens is 1140 g/mol. The van der Waals surface area contributed by atoms with E-state index in [-0.39, 0.29) is 82.0 Å². The minimum absolute atomic E-state index is 0.0377. The molecular formula is C53H57N15O8S5. The normalized spacial score (nSPS) is 13.1. The third-order valence-electron chi connectivity index (χ3n) is 13.3. The monoisotopic (exact) mass is 1190 g/mol. The zero-order chi connectivity index (χ0) is 58.2. The van der Waals surface area contributed by atoms with Crippen LogP contribution < -0.4 is 29.9 Å². The van der Waals surface area contributed by atoms with Gasteiger partial charge in [-0.3, -0.25) is 9.11 Å². The number of nitrogens with zero attached hydrogens (tertiary/aromatic N) is 13. The zero-order valence-electron chi connectivity index (χ0n) is 45.4. The van der Waals surface area contributed by atoms with Crippen LogP contribution in [0.1, 0.15) is 82.1 Å². The highest BCUT2D eigenvalue weighted by Crippen LogP contribution is 2.45. The quantitative estimate of drug-likeness (QED) is 0.0362. The van der Waals surface area contributed by atoms with E-state index in [0.717, 1.165) is 66.5 Å². The van der Waals surface area contributed by atoms with Crippen LogP contribution in [0.5, 0.6) is 11.5 Å². The van der Waals surface area contributed by atoms with E-state index in [1.807, 2.05) is 39.8 Å². The summed E-state index contributed by atoms with van der Waals surface area (Å²) in [6.45, 7) is 13.7. The lowest BCUT2D eigenvalue weighted by atomic mass is 10.0. The van der Waals surface area contributed by atoms with Crippen molar-refractivity contribution in [2.45, 2.75) is 93.8 Å². The molecule has 0 bridgehead atoms. The molecule has 1 fully saturated rings. The van der Waals surface area contributed by atoms with Crippen molar-refractivity contribution in [1.82, 2.24) is 23.7 Å². The van der Waals surface area contributed by atoms with Gasteiger partial charge in [0, 0.05) is 54.7 Å². The number of aromatic nitrogens is 5. The van der Waals surface area contributed by atoms with E-state index in [2.05, 4.69) is 61.8 Å². The van der Waals surface area contributed by atoms with Gasteiger partial charge < -0.3 is 29.9 Å². The molecule has 0 unspecified atom stereocenters. The Balaban J connectivity index is 1.23. The summed E-state index contributed by atoms with van der Waals surface area (Å²) in [5.41, 5.74) is 4.42. The number of nitriles is 2. The van der Waals surface area contributed by atoms with Crippen LogP contribution in [0.2, 0.25) is 0 Å². The zero-order valence-corrected chi connectivity index (χ0v) is 49.5. The van der Waals surface area contributed by atoms with Crippen LogP contribution >= 0.6 is 34.8 Å². The molecule has 1 aliphatic rings. The first-order valence-corrected chi connectivity index (χ1v) is 30.9. The third kappa shape index (κ3) is 13.6. The summed E-state index contributed by atoms with van der Waals surface area (Å²) in [6, 6.07) is 20.1. The number of hydrogen-bond acceptors (Lipinski definition) is 24.